The molecule has 102 valence electrons. The smallest absolute Gasteiger partial charge is 0.183 e. The summed E-state index contributed by atoms with van der Waals surface area (Å²) in [6.45, 7) is 4.35. The van der Waals surface area contributed by atoms with Gasteiger partial charge in [0.1, 0.15) is 0 Å². The number of nitrogens with zero attached hydrogens (tertiary/aromatic N) is 2. The van der Waals surface area contributed by atoms with E-state index in [-0.39, 0.29) is 0 Å². The van der Waals surface area contributed by atoms with E-state index in [2.05, 4.69) is 48.1 Å². The molecule has 3 rings (SSSR count). The number of nitrogens with one attached hydrogen (secondary N) is 1. The SMILES string of the molecule is CC(C)c1ccc(-n2c(=S)[nH]c3cc(Cl)cnc32)cc1. The van der Waals surface area contributed by atoms with Gasteiger partial charge in [0, 0.05) is 11.9 Å². The molecule has 0 unspecified atom stereocenters. The van der Waals surface area contributed by atoms with Crippen LogP contribution in [0.2, 0.25) is 5.02 Å². The van der Waals surface area contributed by atoms with Gasteiger partial charge in [0.25, 0.3) is 0 Å². The monoisotopic (exact) mass is 303 g/mol. The molecule has 0 radical (unpaired) electrons. The van der Waals surface area contributed by atoms with Crippen LogP contribution in [0.25, 0.3) is 16.9 Å². The number of hydrogen-bond acceptors (Lipinski definition) is 2. The third kappa shape index (κ3) is 2.25. The first kappa shape index (κ1) is 13.3. The molecule has 0 saturated heterocycles. The van der Waals surface area contributed by atoms with Crippen LogP contribution in [0.4, 0.5) is 0 Å². The first-order valence-corrected chi connectivity index (χ1v) is 7.21. The molecule has 0 aliphatic carbocycles. The second kappa shape index (κ2) is 5.04. The lowest BCUT2D eigenvalue weighted by Crippen LogP contribution is -1.96. The molecule has 0 fully saturated rings. The Balaban J connectivity index is 2.19. The van der Waals surface area contributed by atoms with Gasteiger partial charge in [0.05, 0.1) is 10.5 Å². The minimum atomic E-state index is 0.511. The van der Waals surface area contributed by atoms with E-state index in [4.69, 9.17) is 23.8 Å². The number of pyridine rings is 1. The van der Waals surface area contributed by atoms with E-state index in [1.807, 2.05) is 10.6 Å². The average Bonchev–Trinajstić information content (AvgIpc) is 2.73. The van der Waals surface area contributed by atoms with Gasteiger partial charge in [-0.2, -0.15) is 0 Å². The lowest BCUT2D eigenvalue weighted by atomic mass is 10.0. The largest absolute Gasteiger partial charge is 0.329 e. The van der Waals surface area contributed by atoms with Crippen LogP contribution in [0.15, 0.2) is 36.5 Å². The zero-order valence-corrected chi connectivity index (χ0v) is 12.8. The Morgan fingerprint density at radius 1 is 1.25 bits per heavy atom. The molecule has 0 bridgehead atoms. The van der Waals surface area contributed by atoms with Crippen molar-refractivity contribution < 1.29 is 0 Å². The summed E-state index contributed by atoms with van der Waals surface area (Å²) in [6.07, 6.45) is 1.63. The molecule has 0 spiro atoms. The van der Waals surface area contributed by atoms with E-state index in [1.165, 1.54) is 5.56 Å². The van der Waals surface area contributed by atoms with E-state index in [9.17, 15) is 0 Å². The van der Waals surface area contributed by atoms with Crippen molar-refractivity contribution in [2.24, 2.45) is 0 Å². The highest BCUT2D eigenvalue weighted by atomic mass is 35.5. The summed E-state index contributed by atoms with van der Waals surface area (Å²) in [7, 11) is 0. The minimum Gasteiger partial charge on any atom is -0.329 e. The van der Waals surface area contributed by atoms with Crippen molar-refractivity contribution >= 4 is 35.0 Å². The number of H-pyrrole nitrogens is 1. The van der Waals surface area contributed by atoms with Crippen LogP contribution >= 0.6 is 23.8 Å². The standard InChI is InChI=1S/C15H14ClN3S/c1-9(2)10-3-5-12(6-4-10)19-14-13(18-15(19)20)7-11(16)8-17-14/h3-9H,1-2H3,(H,18,20). The van der Waals surface area contributed by atoms with Gasteiger partial charge in [-0.25, -0.2) is 4.98 Å². The van der Waals surface area contributed by atoms with Gasteiger partial charge in [0.15, 0.2) is 10.4 Å². The molecule has 0 saturated carbocycles. The van der Waals surface area contributed by atoms with Gasteiger partial charge in [-0.1, -0.05) is 37.6 Å². The van der Waals surface area contributed by atoms with Gasteiger partial charge in [-0.05, 0) is 41.9 Å². The molecule has 2 heterocycles. The number of halogens is 1. The molecule has 1 aromatic carbocycles. The lowest BCUT2D eigenvalue weighted by Gasteiger charge is -2.08. The normalized spacial score (nSPS) is 11.4. The third-order valence-electron chi connectivity index (χ3n) is 3.31. The predicted molar refractivity (Wildman–Crippen MR) is 85.4 cm³/mol. The van der Waals surface area contributed by atoms with Crippen molar-refractivity contribution in [2.75, 3.05) is 0 Å². The lowest BCUT2D eigenvalue weighted by molar-refractivity contribution is 0.865. The third-order valence-corrected chi connectivity index (χ3v) is 3.80. The van der Waals surface area contributed by atoms with Gasteiger partial charge in [-0.3, -0.25) is 4.57 Å². The Bertz CT molecular complexity index is 815. The van der Waals surface area contributed by atoms with Crippen molar-refractivity contribution in [3.8, 4) is 5.69 Å². The van der Waals surface area contributed by atoms with Gasteiger partial charge in [0.2, 0.25) is 0 Å². The fourth-order valence-corrected chi connectivity index (χ4v) is 2.68. The topological polar surface area (TPSA) is 33.6 Å². The molecule has 0 aliphatic rings. The average molecular weight is 304 g/mol. The van der Waals surface area contributed by atoms with E-state index in [0.717, 1.165) is 16.9 Å². The van der Waals surface area contributed by atoms with Crippen LogP contribution in [0.1, 0.15) is 25.3 Å². The predicted octanol–water partition coefficient (Wildman–Crippen LogP) is 4.86. The number of aromatic nitrogens is 3. The van der Waals surface area contributed by atoms with Crippen molar-refractivity contribution in [1.29, 1.82) is 0 Å². The van der Waals surface area contributed by atoms with Crippen LogP contribution in [0.3, 0.4) is 0 Å². The summed E-state index contributed by atoms with van der Waals surface area (Å²) in [6, 6.07) is 10.2. The number of aromatic amines is 1. The fourth-order valence-electron chi connectivity index (χ4n) is 2.22. The molecular weight excluding hydrogens is 290 g/mol. The molecule has 0 amide bonds. The maximum absolute atomic E-state index is 5.96. The summed E-state index contributed by atoms with van der Waals surface area (Å²) in [5, 5.41) is 0.594. The molecule has 5 heteroatoms. The van der Waals surface area contributed by atoms with Gasteiger partial charge < -0.3 is 4.98 Å². The molecular formula is C15H14ClN3S. The highest BCUT2D eigenvalue weighted by molar-refractivity contribution is 7.71. The van der Waals surface area contributed by atoms with Crippen molar-refractivity contribution in [1.82, 2.24) is 14.5 Å². The van der Waals surface area contributed by atoms with Crippen LogP contribution in [0, 0.1) is 4.77 Å². The zero-order valence-electron chi connectivity index (χ0n) is 11.2. The van der Waals surface area contributed by atoms with Gasteiger partial charge in [-0.15, -0.1) is 0 Å². The summed E-state index contributed by atoms with van der Waals surface area (Å²) in [4.78, 5) is 7.50. The number of hydrogen-bond donors (Lipinski definition) is 1. The first-order chi connectivity index (χ1) is 9.56. The quantitative estimate of drug-likeness (QED) is 0.686. The maximum atomic E-state index is 5.96. The van der Waals surface area contributed by atoms with Crippen molar-refractivity contribution in [3.63, 3.8) is 0 Å². The van der Waals surface area contributed by atoms with Crippen molar-refractivity contribution in [2.45, 2.75) is 19.8 Å². The Kier molecular flexibility index (Phi) is 3.36. The van der Waals surface area contributed by atoms with E-state index in [1.54, 1.807) is 6.20 Å². The molecule has 20 heavy (non-hydrogen) atoms. The molecule has 2 aromatic heterocycles. The van der Waals surface area contributed by atoms with Crippen LogP contribution in [-0.2, 0) is 0 Å². The summed E-state index contributed by atoms with van der Waals surface area (Å²) < 4.78 is 2.54. The Labute approximate surface area is 127 Å². The second-order valence-electron chi connectivity index (χ2n) is 5.04. The first-order valence-electron chi connectivity index (χ1n) is 6.43. The fraction of sp³-hybridized carbons (Fsp3) is 0.200. The second-order valence-corrected chi connectivity index (χ2v) is 5.86. The van der Waals surface area contributed by atoms with Crippen molar-refractivity contribution in [3.05, 3.63) is 51.9 Å². The highest BCUT2D eigenvalue weighted by Crippen LogP contribution is 2.22. The summed E-state index contributed by atoms with van der Waals surface area (Å²) in [5.74, 6) is 0.511. The Morgan fingerprint density at radius 2 is 1.95 bits per heavy atom. The van der Waals surface area contributed by atoms with Crippen LogP contribution < -0.4 is 0 Å². The van der Waals surface area contributed by atoms with E-state index in [0.29, 0.717) is 15.7 Å². The number of rotatable bonds is 2. The van der Waals surface area contributed by atoms with Gasteiger partial charge >= 0.3 is 0 Å². The molecule has 3 aromatic rings. The van der Waals surface area contributed by atoms with Crippen LogP contribution in [0.5, 0.6) is 0 Å². The minimum absolute atomic E-state index is 0.511. The summed E-state index contributed by atoms with van der Waals surface area (Å²) >= 11 is 11.3. The molecule has 1 N–H and O–H groups in total. The van der Waals surface area contributed by atoms with E-state index >= 15 is 0 Å². The molecule has 3 nitrogen and oxygen atoms in total. The Morgan fingerprint density at radius 3 is 2.60 bits per heavy atom. The number of imidazole rings is 1. The molecule has 0 atom stereocenters. The zero-order chi connectivity index (χ0) is 14.3. The highest BCUT2D eigenvalue weighted by Gasteiger charge is 2.08. The molecule has 0 aliphatic heterocycles. The number of benzene rings is 1. The van der Waals surface area contributed by atoms with Crippen LogP contribution in [-0.4, -0.2) is 14.5 Å². The maximum Gasteiger partial charge on any atom is 0.183 e. The summed E-state index contributed by atoms with van der Waals surface area (Å²) in [5.41, 5.74) is 3.93. The Hall–Kier alpha value is -1.65. The number of fused-ring (bicyclic) bond motifs is 1. The van der Waals surface area contributed by atoms with E-state index < -0.39 is 0 Å².